The molecule has 0 aliphatic heterocycles. The summed E-state index contributed by atoms with van der Waals surface area (Å²) in [4.78, 5) is 12.6. The Balaban J connectivity index is 2.03. The maximum absolute atomic E-state index is 4.25. The molecule has 0 bridgehead atoms. The average Bonchev–Trinajstić information content (AvgIpc) is 2.29. The van der Waals surface area contributed by atoms with Crippen LogP contribution in [0.5, 0.6) is 0 Å². The quantitative estimate of drug-likeness (QED) is 0.811. The lowest BCUT2D eigenvalue weighted by atomic mass is 10.5. The molecule has 2 aromatic rings. The normalized spacial score (nSPS) is 10.2. The fraction of sp³-hybridized carbons (Fsp3) is 0.100. The summed E-state index contributed by atoms with van der Waals surface area (Å²) in [5.74, 6) is 1.55. The van der Waals surface area contributed by atoms with Crippen molar-refractivity contribution in [3.63, 3.8) is 0 Å². The van der Waals surface area contributed by atoms with E-state index in [2.05, 4.69) is 30.9 Å². The van der Waals surface area contributed by atoms with Crippen molar-refractivity contribution in [1.82, 2.24) is 15.0 Å². The van der Waals surface area contributed by atoms with Crippen LogP contribution in [0.25, 0.3) is 0 Å². The SMILES string of the molecule is Brc1cccnc1SCc1ncccn1. The third-order valence-electron chi connectivity index (χ3n) is 1.68. The van der Waals surface area contributed by atoms with Gasteiger partial charge in [0.25, 0.3) is 0 Å². The summed E-state index contributed by atoms with van der Waals surface area (Å²) < 4.78 is 1.01. The number of hydrogen-bond acceptors (Lipinski definition) is 4. The van der Waals surface area contributed by atoms with Gasteiger partial charge in [0.1, 0.15) is 10.9 Å². The lowest BCUT2D eigenvalue weighted by Gasteiger charge is -2.01. The molecule has 0 aromatic carbocycles. The lowest BCUT2D eigenvalue weighted by Crippen LogP contribution is -1.90. The molecule has 2 rings (SSSR count). The van der Waals surface area contributed by atoms with E-state index in [4.69, 9.17) is 0 Å². The van der Waals surface area contributed by atoms with Crippen molar-refractivity contribution in [2.24, 2.45) is 0 Å². The van der Waals surface area contributed by atoms with E-state index in [1.807, 2.05) is 18.2 Å². The van der Waals surface area contributed by atoms with Crippen LogP contribution >= 0.6 is 27.7 Å². The topological polar surface area (TPSA) is 38.7 Å². The molecule has 0 unspecified atom stereocenters. The maximum atomic E-state index is 4.25. The maximum Gasteiger partial charge on any atom is 0.138 e. The summed E-state index contributed by atoms with van der Waals surface area (Å²) in [7, 11) is 0. The molecule has 0 radical (unpaired) electrons. The van der Waals surface area contributed by atoms with Gasteiger partial charge in [0.05, 0.1) is 5.75 Å². The van der Waals surface area contributed by atoms with Gasteiger partial charge in [-0.2, -0.15) is 0 Å². The Morgan fingerprint density at radius 2 is 1.80 bits per heavy atom. The molecule has 0 saturated carbocycles. The first-order valence-corrected chi connectivity index (χ1v) is 6.13. The van der Waals surface area contributed by atoms with E-state index in [9.17, 15) is 0 Å². The van der Waals surface area contributed by atoms with Crippen LogP contribution in [0, 0.1) is 0 Å². The van der Waals surface area contributed by atoms with Crippen LogP contribution < -0.4 is 0 Å². The minimum Gasteiger partial charge on any atom is -0.249 e. The van der Waals surface area contributed by atoms with Gasteiger partial charge in [-0.15, -0.1) is 0 Å². The second kappa shape index (κ2) is 5.23. The van der Waals surface area contributed by atoms with E-state index in [1.54, 1.807) is 30.4 Å². The first-order chi connectivity index (χ1) is 7.36. The summed E-state index contributed by atoms with van der Waals surface area (Å²) in [6.07, 6.45) is 5.27. The van der Waals surface area contributed by atoms with Crippen molar-refractivity contribution in [3.8, 4) is 0 Å². The molecule has 0 aliphatic rings. The summed E-state index contributed by atoms with van der Waals surface area (Å²) >= 11 is 5.06. The van der Waals surface area contributed by atoms with Crippen molar-refractivity contribution >= 4 is 27.7 Å². The van der Waals surface area contributed by atoms with E-state index in [0.717, 1.165) is 21.1 Å². The number of halogens is 1. The fourth-order valence-electron chi connectivity index (χ4n) is 1.01. The Bertz CT molecular complexity index is 436. The number of rotatable bonds is 3. The number of hydrogen-bond donors (Lipinski definition) is 0. The number of aromatic nitrogens is 3. The van der Waals surface area contributed by atoms with E-state index in [0.29, 0.717) is 0 Å². The van der Waals surface area contributed by atoms with Crippen molar-refractivity contribution < 1.29 is 0 Å². The van der Waals surface area contributed by atoms with Crippen LogP contribution in [0.2, 0.25) is 0 Å². The van der Waals surface area contributed by atoms with Gasteiger partial charge in [-0.3, -0.25) is 0 Å². The third-order valence-corrected chi connectivity index (χ3v) is 3.59. The molecular weight excluding hydrogens is 274 g/mol. The average molecular weight is 282 g/mol. The zero-order chi connectivity index (χ0) is 10.5. The zero-order valence-electron chi connectivity index (χ0n) is 7.80. The van der Waals surface area contributed by atoms with Gasteiger partial charge in [0, 0.05) is 23.1 Å². The molecule has 0 aliphatic carbocycles. The summed E-state index contributed by atoms with van der Waals surface area (Å²) in [6, 6.07) is 5.68. The molecule has 0 N–H and O–H groups in total. The fourth-order valence-corrected chi connectivity index (χ4v) is 2.37. The van der Waals surface area contributed by atoms with Gasteiger partial charge in [-0.05, 0) is 34.1 Å². The van der Waals surface area contributed by atoms with Crippen molar-refractivity contribution in [2.75, 3.05) is 0 Å². The highest BCUT2D eigenvalue weighted by Gasteiger charge is 2.02. The minimum absolute atomic E-state index is 0.733. The van der Waals surface area contributed by atoms with Gasteiger partial charge in [0.15, 0.2) is 0 Å². The Morgan fingerprint density at radius 3 is 2.53 bits per heavy atom. The first kappa shape index (κ1) is 10.6. The first-order valence-electron chi connectivity index (χ1n) is 4.35. The highest BCUT2D eigenvalue weighted by atomic mass is 79.9. The van der Waals surface area contributed by atoms with E-state index >= 15 is 0 Å². The van der Waals surface area contributed by atoms with E-state index in [-0.39, 0.29) is 0 Å². The Morgan fingerprint density at radius 1 is 1.07 bits per heavy atom. The van der Waals surface area contributed by atoms with Crippen molar-refractivity contribution in [2.45, 2.75) is 10.8 Å². The Labute approximate surface area is 101 Å². The molecule has 2 heterocycles. The van der Waals surface area contributed by atoms with Crippen LogP contribution in [0.1, 0.15) is 5.82 Å². The van der Waals surface area contributed by atoms with Gasteiger partial charge in [-0.1, -0.05) is 11.8 Å². The van der Waals surface area contributed by atoms with Crippen LogP contribution in [-0.2, 0) is 5.75 Å². The lowest BCUT2D eigenvalue weighted by molar-refractivity contribution is 1.02. The van der Waals surface area contributed by atoms with Gasteiger partial charge in [-0.25, -0.2) is 15.0 Å². The zero-order valence-corrected chi connectivity index (χ0v) is 10.2. The largest absolute Gasteiger partial charge is 0.249 e. The number of thioether (sulfide) groups is 1. The Kier molecular flexibility index (Phi) is 3.69. The second-order valence-electron chi connectivity index (χ2n) is 2.74. The van der Waals surface area contributed by atoms with E-state index < -0.39 is 0 Å². The van der Waals surface area contributed by atoms with Crippen molar-refractivity contribution in [1.29, 1.82) is 0 Å². The molecule has 15 heavy (non-hydrogen) atoms. The molecular formula is C10H8BrN3S. The van der Waals surface area contributed by atoms with Gasteiger partial charge >= 0.3 is 0 Å². The second-order valence-corrected chi connectivity index (χ2v) is 4.56. The highest BCUT2D eigenvalue weighted by Crippen LogP contribution is 2.26. The summed E-state index contributed by atoms with van der Waals surface area (Å²) in [5.41, 5.74) is 0. The summed E-state index contributed by atoms with van der Waals surface area (Å²) in [5, 5.41) is 0.963. The number of nitrogens with zero attached hydrogens (tertiary/aromatic N) is 3. The molecule has 3 nitrogen and oxygen atoms in total. The standard InChI is InChI=1S/C10H8BrN3S/c11-8-3-1-4-14-10(8)15-7-9-12-5-2-6-13-9/h1-6H,7H2. The van der Waals surface area contributed by atoms with Gasteiger partial charge < -0.3 is 0 Å². The third kappa shape index (κ3) is 3.00. The predicted molar refractivity (Wildman–Crippen MR) is 63.5 cm³/mol. The van der Waals surface area contributed by atoms with Gasteiger partial charge in [0.2, 0.25) is 0 Å². The molecule has 5 heteroatoms. The molecule has 0 fully saturated rings. The molecule has 2 aromatic heterocycles. The van der Waals surface area contributed by atoms with Crippen LogP contribution in [0.4, 0.5) is 0 Å². The van der Waals surface area contributed by atoms with Crippen LogP contribution in [-0.4, -0.2) is 15.0 Å². The predicted octanol–water partition coefficient (Wildman–Crippen LogP) is 2.93. The molecule has 0 saturated heterocycles. The molecule has 0 atom stereocenters. The monoisotopic (exact) mass is 281 g/mol. The summed E-state index contributed by atoms with van der Waals surface area (Å²) in [6.45, 7) is 0. The minimum atomic E-state index is 0.733. The van der Waals surface area contributed by atoms with Crippen LogP contribution in [0.3, 0.4) is 0 Å². The van der Waals surface area contributed by atoms with Crippen molar-refractivity contribution in [3.05, 3.63) is 47.1 Å². The molecule has 0 spiro atoms. The highest BCUT2D eigenvalue weighted by molar-refractivity contribution is 9.10. The smallest absolute Gasteiger partial charge is 0.138 e. The molecule has 76 valence electrons. The molecule has 0 amide bonds. The van der Waals surface area contributed by atoms with Crippen LogP contribution in [0.15, 0.2) is 46.3 Å². The van der Waals surface area contributed by atoms with E-state index in [1.165, 1.54) is 0 Å². The number of pyridine rings is 1. The Hall–Kier alpha value is -0.940.